The maximum Gasteiger partial charge on any atom is 0.0300 e. The van der Waals surface area contributed by atoms with Crippen LogP contribution in [0, 0.1) is 5.41 Å². The van der Waals surface area contributed by atoms with Crippen LogP contribution in [0.5, 0.6) is 0 Å². The zero-order valence-electron chi connectivity index (χ0n) is 9.18. The lowest BCUT2D eigenvalue weighted by Crippen LogP contribution is -2.28. The molecule has 1 aromatic heterocycles. The highest BCUT2D eigenvalue weighted by Gasteiger charge is 2.27. The Hall–Kier alpha value is 0.140. The van der Waals surface area contributed by atoms with Crippen molar-refractivity contribution in [2.45, 2.75) is 39.2 Å². The van der Waals surface area contributed by atoms with Gasteiger partial charge in [-0.2, -0.15) is 0 Å². The molecule has 1 aliphatic rings. The second kappa shape index (κ2) is 4.98. The van der Waals surface area contributed by atoms with Crippen molar-refractivity contribution in [3.8, 4) is 0 Å². The molecule has 2 rings (SSSR count). The average Bonchev–Trinajstić information content (AvgIpc) is 2.76. The van der Waals surface area contributed by atoms with E-state index in [0.717, 1.165) is 6.54 Å². The summed E-state index contributed by atoms with van der Waals surface area (Å²) in [6, 6.07) is 2.20. The Morgan fingerprint density at radius 2 is 2.20 bits per heavy atom. The fourth-order valence-electron chi connectivity index (χ4n) is 2.34. The lowest BCUT2D eigenvalue weighted by molar-refractivity contribution is 0.315. The smallest absolute Gasteiger partial charge is 0.0300 e. The van der Waals surface area contributed by atoms with Crippen molar-refractivity contribution >= 4 is 27.3 Å². The van der Waals surface area contributed by atoms with Gasteiger partial charge < -0.3 is 5.32 Å². The average molecular weight is 288 g/mol. The number of hydrogen-bond acceptors (Lipinski definition) is 2. The van der Waals surface area contributed by atoms with Crippen LogP contribution in [0.15, 0.2) is 15.9 Å². The van der Waals surface area contributed by atoms with E-state index < -0.39 is 0 Å². The van der Waals surface area contributed by atoms with Crippen molar-refractivity contribution in [2.75, 3.05) is 6.54 Å². The van der Waals surface area contributed by atoms with E-state index in [-0.39, 0.29) is 0 Å². The first-order valence-corrected chi connectivity index (χ1v) is 7.29. The molecule has 3 heteroatoms. The first-order valence-electron chi connectivity index (χ1n) is 5.62. The highest BCUT2D eigenvalue weighted by atomic mass is 79.9. The SMILES string of the molecule is CC1(CNCc2cc(Br)cs2)CCCC1. The summed E-state index contributed by atoms with van der Waals surface area (Å²) in [5.41, 5.74) is 0.564. The van der Waals surface area contributed by atoms with Crippen LogP contribution in [0.4, 0.5) is 0 Å². The third-order valence-corrected chi connectivity index (χ3v) is 4.98. The van der Waals surface area contributed by atoms with Gasteiger partial charge in [0.2, 0.25) is 0 Å². The van der Waals surface area contributed by atoms with Crippen molar-refractivity contribution in [1.29, 1.82) is 0 Å². The van der Waals surface area contributed by atoms with Gasteiger partial charge in [0.1, 0.15) is 0 Å². The molecule has 0 radical (unpaired) electrons. The molecule has 0 spiro atoms. The van der Waals surface area contributed by atoms with Crippen molar-refractivity contribution < 1.29 is 0 Å². The summed E-state index contributed by atoms with van der Waals surface area (Å²) in [5.74, 6) is 0. The molecular formula is C12H18BrNS. The van der Waals surface area contributed by atoms with E-state index in [2.05, 4.69) is 39.6 Å². The van der Waals surface area contributed by atoms with Gasteiger partial charge in [-0.3, -0.25) is 0 Å². The molecule has 0 bridgehead atoms. The molecule has 1 heterocycles. The Balaban J connectivity index is 1.75. The molecular weight excluding hydrogens is 270 g/mol. The van der Waals surface area contributed by atoms with Crippen LogP contribution in [0.1, 0.15) is 37.5 Å². The third kappa shape index (κ3) is 3.30. The summed E-state index contributed by atoms with van der Waals surface area (Å²) < 4.78 is 1.20. The van der Waals surface area contributed by atoms with Gasteiger partial charge in [-0.25, -0.2) is 0 Å². The number of halogens is 1. The molecule has 0 saturated heterocycles. The van der Waals surface area contributed by atoms with Crippen LogP contribution in [0.3, 0.4) is 0 Å². The Morgan fingerprint density at radius 3 is 2.80 bits per heavy atom. The van der Waals surface area contributed by atoms with E-state index in [0.29, 0.717) is 5.41 Å². The number of hydrogen-bond donors (Lipinski definition) is 1. The summed E-state index contributed by atoms with van der Waals surface area (Å²) >= 11 is 5.31. The van der Waals surface area contributed by atoms with E-state index in [1.54, 1.807) is 0 Å². The molecule has 1 aromatic rings. The normalized spacial score (nSPS) is 19.6. The number of thiophene rings is 1. The highest BCUT2D eigenvalue weighted by Crippen LogP contribution is 2.36. The topological polar surface area (TPSA) is 12.0 Å². The second-order valence-electron chi connectivity index (χ2n) is 4.85. The predicted octanol–water partition coefficient (Wildman–Crippen LogP) is 4.18. The number of nitrogens with one attached hydrogen (secondary N) is 1. The van der Waals surface area contributed by atoms with Gasteiger partial charge in [0.15, 0.2) is 0 Å². The monoisotopic (exact) mass is 287 g/mol. The van der Waals surface area contributed by atoms with Gasteiger partial charge in [-0.15, -0.1) is 11.3 Å². The second-order valence-corrected chi connectivity index (χ2v) is 6.76. The number of rotatable bonds is 4. The summed E-state index contributed by atoms with van der Waals surface area (Å²) in [7, 11) is 0. The molecule has 84 valence electrons. The molecule has 1 nitrogen and oxygen atoms in total. The van der Waals surface area contributed by atoms with Crippen molar-refractivity contribution in [3.63, 3.8) is 0 Å². The van der Waals surface area contributed by atoms with Gasteiger partial charge in [0.25, 0.3) is 0 Å². The predicted molar refractivity (Wildman–Crippen MR) is 70.3 cm³/mol. The van der Waals surface area contributed by atoms with E-state index in [1.807, 2.05) is 11.3 Å². The minimum atomic E-state index is 0.564. The molecule has 1 N–H and O–H groups in total. The maximum atomic E-state index is 3.59. The molecule has 1 fully saturated rings. The summed E-state index contributed by atoms with van der Waals surface area (Å²) in [4.78, 5) is 1.42. The Morgan fingerprint density at radius 1 is 1.47 bits per heavy atom. The zero-order valence-corrected chi connectivity index (χ0v) is 11.6. The summed E-state index contributed by atoms with van der Waals surface area (Å²) in [6.07, 6.45) is 5.63. The van der Waals surface area contributed by atoms with Gasteiger partial charge in [-0.1, -0.05) is 19.8 Å². The fraction of sp³-hybridized carbons (Fsp3) is 0.667. The minimum Gasteiger partial charge on any atom is -0.311 e. The Kier molecular flexibility index (Phi) is 3.86. The highest BCUT2D eigenvalue weighted by molar-refractivity contribution is 9.10. The largest absolute Gasteiger partial charge is 0.311 e. The lowest BCUT2D eigenvalue weighted by atomic mass is 9.89. The van der Waals surface area contributed by atoms with Crippen molar-refractivity contribution in [3.05, 3.63) is 20.8 Å². The minimum absolute atomic E-state index is 0.564. The first kappa shape index (κ1) is 11.6. The van der Waals surface area contributed by atoms with E-state index in [4.69, 9.17) is 0 Å². The molecule has 0 amide bonds. The molecule has 1 saturated carbocycles. The van der Waals surface area contributed by atoms with Crippen LogP contribution in [-0.4, -0.2) is 6.54 Å². The summed E-state index contributed by atoms with van der Waals surface area (Å²) in [6.45, 7) is 4.60. The molecule has 0 aromatic carbocycles. The van der Waals surface area contributed by atoms with Gasteiger partial charge >= 0.3 is 0 Å². The van der Waals surface area contributed by atoms with Crippen LogP contribution in [0.25, 0.3) is 0 Å². The van der Waals surface area contributed by atoms with Crippen LogP contribution in [-0.2, 0) is 6.54 Å². The fourth-order valence-corrected chi connectivity index (χ4v) is 3.76. The van der Waals surface area contributed by atoms with Crippen LogP contribution >= 0.6 is 27.3 Å². The molecule has 15 heavy (non-hydrogen) atoms. The van der Waals surface area contributed by atoms with E-state index in [9.17, 15) is 0 Å². The lowest BCUT2D eigenvalue weighted by Gasteiger charge is -2.23. The molecule has 0 aliphatic heterocycles. The Labute approximate surface area is 104 Å². The van der Waals surface area contributed by atoms with Crippen molar-refractivity contribution in [2.24, 2.45) is 5.41 Å². The molecule has 1 aliphatic carbocycles. The van der Waals surface area contributed by atoms with Gasteiger partial charge in [-0.05, 0) is 40.3 Å². The summed E-state index contributed by atoms with van der Waals surface area (Å²) in [5, 5.41) is 5.73. The third-order valence-electron chi connectivity index (χ3n) is 3.28. The van der Waals surface area contributed by atoms with Gasteiger partial charge in [0, 0.05) is 27.8 Å². The molecule has 0 unspecified atom stereocenters. The maximum absolute atomic E-state index is 3.59. The van der Waals surface area contributed by atoms with Crippen molar-refractivity contribution in [1.82, 2.24) is 5.32 Å². The Bertz CT molecular complexity index is 315. The molecule has 0 atom stereocenters. The van der Waals surface area contributed by atoms with E-state index >= 15 is 0 Å². The van der Waals surface area contributed by atoms with E-state index in [1.165, 1.54) is 41.6 Å². The quantitative estimate of drug-likeness (QED) is 0.876. The first-order chi connectivity index (χ1) is 7.18. The van der Waals surface area contributed by atoms with Gasteiger partial charge in [0.05, 0.1) is 0 Å². The standard InChI is InChI=1S/C12H18BrNS/c1-12(4-2-3-5-12)9-14-7-11-6-10(13)8-15-11/h6,8,14H,2-5,7,9H2,1H3. The zero-order chi connectivity index (χ0) is 10.7. The van der Waals surface area contributed by atoms with Crippen LogP contribution < -0.4 is 5.32 Å². The van der Waals surface area contributed by atoms with Crippen LogP contribution in [0.2, 0.25) is 0 Å².